The Bertz CT molecular complexity index is 608. The molecule has 0 aliphatic heterocycles. The van der Waals surface area contributed by atoms with E-state index >= 15 is 0 Å². The molecule has 0 amide bonds. The van der Waals surface area contributed by atoms with Crippen LogP contribution in [0.3, 0.4) is 0 Å². The van der Waals surface area contributed by atoms with Gasteiger partial charge >= 0.3 is 0 Å². The van der Waals surface area contributed by atoms with E-state index in [1.54, 1.807) is 7.11 Å². The second-order valence-corrected chi connectivity index (χ2v) is 4.85. The Balaban J connectivity index is 2.28. The maximum absolute atomic E-state index is 11.2. The molecule has 0 aliphatic rings. The number of carbonyl (C=O) groups is 1. The SMILES string of the molecule is COc1ccccc1CN(C)c1ccc(C)cc1C=O. The lowest BCUT2D eigenvalue weighted by Crippen LogP contribution is -2.18. The molecule has 2 aromatic carbocycles. The fourth-order valence-corrected chi connectivity index (χ4v) is 2.29. The third-order valence-corrected chi connectivity index (χ3v) is 3.32. The third-order valence-electron chi connectivity index (χ3n) is 3.32. The highest BCUT2D eigenvalue weighted by atomic mass is 16.5. The summed E-state index contributed by atoms with van der Waals surface area (Å²) in [6, 6.07) is 13.8. The number of carbonyl (C=O) groups excluding carboxylic acids is 1. The van der Waals surface area contributed by atoms with Crippen molar-refractivity contribution in [1.82, 2.24) is 0 Å². The van der Waals surface area contributed by atoms with Crippen molar-refractivity contribution in [2.24, 2.45) is 0 Å². The van der Waals surface area contributed by atoms with Crippen LogP contribution in [0.15, 0.2) is 42.5 Å². The summed E-state index contributed by atoms with van der Waals surface area (Å²) >= 11 is 0. The van der Waals surface area contributed by atoms with E-state index in [0.717, 1.165) is 28.8 Å². The summed E-state index contributed by atoms with van der Waals surface area (Å²) in [5, 5.41) is 0. The van der Waals surface area contributed by atoms with Crippen LogP contribution < -0.4 is 9.64 Å². The molecule has 0 spiro atoms. The summed E-state index contributed by atoms with van der Waals surface area (Å²) in [5.74, 6) is 0.860. The molecule has 3 nitrogen and oxygen atoms in total. The van der Waals surface area contributed by atoms with Crippen LogP contribution in [0.4, 0.5) is 5.69 Å². The minimum atomic E-state index is 0.688. The Hall–Kier alpha value is -2.29. The van der Waals surface area contributed by atoms with Gasteiger partial charge in [0.15, 0.2) is 6.29 Å². The first-order valence-electron chi connectivity index (χ1n) is 6.54. The minimum Gasteiger partial charge on any atom is -0.496 e. The van der Waals surface area contributed by atoms with Gasteiger partial charge in [-0.15, -0.1) is 0 Å². The molecule has 0 fully saturated rings. The highest BCUT2D eigenvalue weighted by Gasteiger charge is 2.10. The van der Waals surface area contributed by atoms with Gasteiger partial charge in [-0.2, -0.15) is 0 Å². The topological polar surface area (TPSA) is 29.5 Å². The smallest absolute Gasteiger partial charge is 0.152 e. The van der Waals surface area contributed by atoms with Crippen LogP contribution >= 0.6 is 0 Å². The highest BCUT2D eigenvalue weighted by Crippen LogP contribution is 2.24. The average molecular weight is 269 g/mol. The summed E-state index contributed by atoms with van der Waals surface area (Å²) < 4.78 is 5.36. The van der Waals surface area contributed by atoms with E-state index in [1.807, 2.05) is 56.4 Å². The van der Waals surface area contributed by atoms with Gasteiger partial charge in [0.2, 0.25) is 0 Å². The van der Waals surface area contributed by atoms with Crippen molar-refractivity contribution < 1.29 is 9.53 Å². The van der Waals surface area contributed by atoms with Gasteiger partial charge in [0.1, 0.15) is 5.75 Å². The average Bonchev–Trinajstić information content (AvgIpc) is 2.47. The Morgan fingerprint density at radius 1 is 1.20 bits per heavy atom. The van der Waals surface area contributed by atoms with Gasteiger partial charge in [0.25, 0.3) is 0 Å². The van der Waals surface area contributed by atoms with Gasteiger partial charge in [-0.1, -0.05) is 29.8 Å². The lowest BCUT2D eigenvalue weighted by molar-refractivity contribution is 0.112. The summed E-state index contributed by atoms with van der Waals surface area (Å²) in [6.45, 7) is 2.67. The molecule has 0 saturated heterocycles. The fourth-order valence-electron chi connectivity index (χ4n) is 2.29. The number of hydrogen-bond acceptors (Lipinski definition) is 3. The maximum atomic E-state index is 11.2. The Kier molecular flexibility index (Phi) is 4.41. The van der Waals surface area contributed by atoms with Crippen LogP contribution in [-0.2, 0) is 6.54 Å². The second kappa shape index (κ2) is 6.24. The minimum absolute atomic E-state index is 0.688. The first kappa shape index (κ1) is 14.1. The summed E-state index contributed by atoms with van der Waals surface area (Å²) in [7, 11) is 3.64. The predicted molar refractivity (Wildman–Crippen MR) is 81.7 cm³/mol. The van der Waals surface area contributed by atoms with Gasteiger partial charge < -0.3 is 9.64 Å². The van der Waals surface area contributed by atoms with E-state index in [-0.39, 0.29) is 0 Å². The molecule has 0 aliphatic carbocycles. The molecule has 0 heterocycles. The quantitative estimate of drug-likeness (QED) is 0.779. The fraction of sp³-hybridized carbons (Fsp3) is 0.235. The summed E-state index contributed by atoms with van der Waals surface area (Å²) in [6.07, 6.45) is 0.904. The predicted octanol–water partition coefficient (Wildman–Crippen LogP) is 3.45. The largest absolute Gasteiger partial charge is 0.496 e. The van der Waals surface area contributed by atoms with Gasteiger partial charge in [0, 0.05) is 30.4 Å². The van der Waals surface area contributed by atoms with Crippen molar-refractivity contribution in [2.45, 2.75) is 13.5 Å². The molecule has 2 aromatic rings. The molecule has 0 radical (unpaired) electrons. The Labute approximate surface area is 119 Å². The second-order valence-electron chi connectivity index (χ2n) is 4.85. The molecule has 0 N–H and O–H groups in total. The first-order valence-corrected chi connectivity index (χ1v) is 6.54. The highest BCUT2D eigenvalue weighted by molar-refractivity contribution is 5.84. The molecule has 0 bridgehead atoms. The van der Waals surface area contributed by atoms with E-state index in [0.29, 0.717) is 12.1 Å². The van der Waals surface area contributed by atoms with Crippen LogP contribution in [0, 0.1) is 6.92 Å². The van der Waals surface area contributed by atoms with Crippen LogP contribution in [0.2, 0.25) is 0 Å². The van der Waals surface area contributed by atoms with Crippen molar-refractivity contribution in [3.63, 3.8) is 0 Å². The molecule has 0 unspecified atom stereocenters. The number of benzene rings is 2. The van der Waals surface area contributed by atoms with Crippen molar-refractivity contribution >= 4 is 12.0 Å². The van der Waals surface area contributed by atoms with E-state index in [2.05, 4.69) is 4.90 Å². The van der Waals surface area contributed by atoms with E-state index in [9.17, 15) is 4.79 Å². The lowest BCUT2D eigenvalue weighted by Gasteiger charge is -2.22. The molecule has 104 valence electrons. The number of para-hydroxylation sites is 1. The molecule has 0 atom stereocenters. The van der Waals surface area contributed by atoms with Crippen molar-refractivity contribution in [3.8, 4) is 5.75 Å². The van der Waals surface area contributed by atoms with E-state index in [1.165, 1.54) is 0 Å². The number of methoxy groups -OCH3 is 1. The normalized spacial score (nSPS) is 10.2. The molecule has 2 rings (SSSR count). The number of aldehydes is 1. The Morgan fingerprint density at radius 3 is 2.65 bits per heavy atom. The van der Waals surface area contributed by atoms with Crippen LogP contribution in [0.1, 0.15) is 21.5 Å². The van der Waals surface area contributed by atoms with E-state index in [4.69, 9.17) is 4.74 Å². The number of aryl methyl sites for hydroxylation is 1. The number of anilines is 1. The maximum Gasteiger partial charge on any atom is 0.152 e. The molecule has 0 saturated carbocycles. The molecule has 20 heavy (non-hydrogen) atoms. The molecule has 3 heteroatoms. The lowest BCUT2D eigenvalue weighted by atomic mass is 10.1. The Morgan fingerprint density at radius 2 is 1.95 bits per heavy atom. The zero-order valence-corrected chi connectivity index (χ0v) is 12.1. The van der Waals surface area contributed by atoms with Crippen LogP contribution in [0.25, 0.3) is 0 Å². The number of rotatable bonds is 5. The monoisotopic (exact) mass is 269 g/mol. The molecular formula is C17H19NO2. The number of ether oxygens (including phenoxy) is 1. The van der Waals surface area contributed by atoms with Crippen LogP contribution in [-0.4, -0.2) is 20.4 Å². The van der Waals surface area contributed by atoms with Crippen LogP contribution in [0.5, 0.6) is 5.75 Å². The summed E-state index contributed by atoms with van der Waals surface area (Å²) in [4.78, 5) is 13.3. The molecule has 0 aromatic heterocycles. The zero-order chi connectivity index (χ0) is 14.5. The number of nitrogens with zero attached hydrogens (tertiary/aromatic N) is 1. The van der Waals surface area contributed by atoms with Gasteiger partial charge in [-0.25, -0.2) is 0 Å². The summed E-state index contributed by atoms with van der Waals surface area (Å²) in [5.41, 5.74) is 3.82. The zero-order valence-electron chi connectivity index (χ0n) is 12.1. The first-order chi connectivity index (χ1) is 9.65. The number of hydrogen-bond donors (Lipinski definition) is 0. The van der Waals surface area contributed by atoms with Crippen molar-refractivity contribution in [1.29, 1.82) is 0 Å². The van der Waals surface area contributed by atoms with Gasteiger partial charge in [-0.3, -0.25) is 4.79 Å². The van der Waals surface area contributed by atoms with Crippen molar-refractivity contribution in [2.75, 3.05) is 19.1 Å². The van der Waals surface area contributed by atoms with Crippen molar-refractivity contribution in [3.05, 3.63) is 59.2 Å². The van der Waals surface area contributed by atoms with Gasteiger partial charge in [0.05, 0.1) is 7.11 Å². The van der Waals surface area contributed by atoms with Gasteiger partial charge in [-0.05, 0) is 25.1 Å². The standard InChI is InChI=1S/C17H19NO2/c1-13-8-9-16(15(10-13)12-19)18(2)11-14-6-4-5-7-17(14)20-3/h4-10,12H,11H2,1-3H3. The van der Waals surface area contributed by atoms with E-state index < -0.39 is 0 Å². The molecular weight excluding hydrogens is 250 g/mol. The third kappa shape index (κ3) is 2.99.